The first-order valence-electron chi connectivity index (χ1n) is 12.2. The third kappa shape index (κ3) is 3.11. The molecular weight excluding hydrogens is 394 g/mol. The Morgan fingerprint density at radius 1 is 1.09 bits per heavy atom. The topological polar surface area (TPSA) is 40.5 Å². The van der Waals surface area contributed by atoms with Gasteiger partial charge in [-0.3, -0.25) is 4.79 Å². The molecule has 4 aliphatic carbocycles. The molecule has 1 N–H and O–H groups in total. The average Bonchev–Trinajstić information content (AvgIpc) is 3.03. The van der Waals surface area contributed by atoms with Gasteiger partial charge < -0.3 is 10.0 Å². The van der Waals surface area contributed by atoms with E-state index in [4.69, 9.17) is 0 Å². The maximum absolute atomic E-state index is 12.2. The molecule has 1 aromatic carbocycles. The monoisotopic (exact) mass is 429 g/mol. The summed E-state index contributed by atoms with van der Waals surface area (Å²) in [7, 11) is 4.14. The highest BCUT2D eigenvalue weighted by atomic mass is 16.3. The normalized spacial score (nSPS) is 35.8. The van der Waals surface area contributed by atoms with Crippen LogP contribution in [0.2, 0.25) is 0 Å². The molecule has 4 aliphatic rings. The first kappa shape index (κ1) is 21.5. The van der Waals surface area contributed by atoms with Gasteiger partial charge in [0, 0.05) is 37.5 Å². The van der Waals surface area contributed by atoms with E-state index in [1.165, 1.54) is 22.4 Å². The summed E-state index contributed by atoms with van der Waals surface area (Å²) < 4.78 is 0. The van der Waals surface area contributed by atoms with Gasteiger partial charge in [0.05, 0.1) is 0 Å². The van der Waals surface area contributed by atoms with E-state index >= 15 is 0 Å². The summed E-state index contributed by atoms with van der Waals surface area (Å²) in [6.07, 6.45) is 8.23. The number of fused-ring (bicyclic) bond motifs is 4. The number of hydrogen-bond donors (Lipinski definition) is 1. The Hall–Kier alpha value is -2.31. The van der Waals surface area contributed by atoms with Crippen molar-refractivity contribution < 1.29 is 9.90 Å². The number of benzene rings is 1. The van der Waals surface area contributed by atoms with Gasteiger partial charge >= 0.3 is 0 Å². The predicted molar refractivity (Wildman–Crippen MR) is 129 cm³/mol. The fraction of sp³-hybridized carbons (Fsp3) is 0.552. The Bertz CT molecular complexity index is 1070. The summed E-state index contributed by atoms with van der Waals surface area (Å²) >= 11 is 0. The van der Waals surface area contributed by atoms with E-state index in [0.29, 0.717) is 18.3 Å². The Labute approximate surface area is 192 Å². The second-order valence-electron chi connectivity index (χ2n) is 10.8. The molecule has 0 bridgehead atoms. The molecule has 2 saturated carbocycles. The van der Waals surface area contributed by atoms with Crippen LogP contribution >= 0.6 is 0 Å². The molecule has 168 valence electrons. The number of hydrogen-bond acceptors (Lipinski definition) is 3. The van der Waals surface area contributed by atoms with Crippen molar-refractivity contribution in [2.75, 3.05) is 19.0 Å². The summed E-state index contributed by atoms with van der Waals surface area (Å²) in [5.41, 5.74) is 5.71. The van der Waals surface area contributed by atoms with Crippen LogP contribution in [0.25, 0.3) is 0 Å². The van der Waals surface area contributed by atoms with Crippen molar-refractivity contribution >= 4 is 11.5 Å². The first-order valence-corrected chi connectivity index (χ1v) is 12.2. The van der Waals surface area contributed by atoms with E-state index in [1.807, 2.05) is 13.0 Å². The zero-order valence-electron chi connectivity index (χ0n) is 19.9. The summed E-state index contributed by atoms with van der Waals surface area (Å²) in [4.78, 5) is 14.3. The molecule has 5 atom stereocenters. The number of anilines is 1. The second kappa shape index (κ2) is 7.63. The average molecular weight is 430 g/mol. The molecule has 0 radical (unpaired) electrons. The lowest BCUT2D eigenvalue weighted by molar-refractivity contribution is -0.114. The fourth-order valence-electron chi connectivity index (χ4n) is 7.38. The van der Waals surface area contributed by atoms with Gasteiger partial charge in [-0.25, -0.2) is 0 Å². The molecule has 3 heteroatoms. The number of nitrogens with zero attached hydrogens (tertiary/aromatic N) is 1. The minimum atomic E-state index is -0.914. The third-order valence-corrected chi connectivity index (χ3v) is 9.03. The molecule has 1 aromatic rings. The molecule has 0 unspecified atom stereocenters. The van der Waals surface area contributed by atoms with Crippen molar-refractivity contribution in [1.82, 2.24) is 0 Å². The van der Waals surface area contributed by atoms with Gasteiger partial charge in [0.25, 0.3) is 0 Å². The van der Waals surface area contributed by atoms with E-state index in [-0.39, 0.29) is 17.1 Å². The van der Waals surface area contributed by atoms with Crippen molar-refractivity contribution in [3.8, 4) is 11.8 Å². The standard InChI is InChI=1S/C29H35NO2/c1-5-15-29(32)16-14-26-24-12-8-20-17-22(31)11-13-23(20)27(24)25(18-28(26,29)2)19-6-9-21(10-7-19)30(3)4/h6-7,9-10,17,24-26,32H,8,11-14,16,18H2,1-4H3/t24-,25+,26+,28+,29+/m0/s1. The van der Waals surface area contributed by atoms with Crippen LogP contribution < -0.4 is 4.90 Å². The van der Waals surface area contributed by atoms with Crippen LogP contribution in [0, 0.1) is 29.1 Å². The molecular formula is C29H35NO2. The molecule has 0 aromatic heterocycles. The number of carbonyl (C=O) groups is 1. The lowest BCUT2D eigenvalue weighted by Gasteiger charge is -2.53. The van der Waals surface area contributed by atoms with Crippen LogP contribution in [0.5, 0.6) is 0 Å². The highest BCUT2D eigenvalue weighted by Gasteiger charge is 2.62. The highest BCUT2D eigenvalue weighted by Crippen LogP contribution is 2.66. The van der Waals surface area contributed by atoms with Crippen molar-refractivity contribution in [3.05, 3.63) is 52.6 Å². The van der Waals surface area contributed by atoms with E-state index in [9.17, 15) is 9.90 Å². The van der Waals surface area contributed by atoms with E-state index in [0.717, 1.165) is 38.5 Å². The Balaban J connectivity index is 1.67. The number of ketones is 1. The molecule has 0 aliphatic heterocycles. The zero-order valence-corrected chi connectivity index (χ0v) is 19.9. The van der Waals surface area contributed by atoms with Crippen LogP contribution in [0.15, 0.2) is 47.1 Å². The van der Waals surface area contributed by atoms with Crippen LogP contribution in [0.3, 0.4) is 0 Å². The molecule has 0 spiro atoms. The van der Waals surface area contributed by atoms with Gasteiger partial charge in [0.2, 0.25) is 0 Å². The van der Waals surface area contributed by atoms with E-state index < -0.39 is 5.60 Å². The minimum absolute atomic E-state index is 0.221. The third-order valence-electron chi connectivity index (χ3n) is 9.03. The van der Waals surface area contributed by atoms with Gasteiger partial charge in [-0.1, -0.05) is 30.6 Å². The fourth-order valence-corrected chi connectivity index (χ4v) is 7.38. The number of carbonyl (C=O) groups excluding carboxylic acids is 1. The SMILES string of the molecule is CC#C[C@@]1(O)CC[C@@H]2[C@@H]3CCC4=CC(=O)CCC4=C3[C@@H](c3ccc(N(C)C)cc3)C[C@]21C. The molecule has 0 heterocycles. The predicted octanol–water partition coefficient (Wildman–Crippen LogP) is 5.41. The van der Waals surface area contributed by atoms with Gasteiger partial charge in [0.15, 0.2) is 5.78 Å². The van der Waals surface area contributed by atoms with Crippen molar-refractivity contribution in [2.45, 2.75) is 70.3 Å². The number of allylic oxidation sites excluding steroid dienone is 4. The van der Waals surface area contributed by atoms with E-state index in [2.05, 4.69) is 62.0 Å². The van der Waals surface area contributed by atoms with Gasteiger partial charge in [-0.15, -0.1) is 5.92 Å². The summed E-state index contributed by atoms with van der Waals surface area (Å²) in [6.45, 7) is 4.15. The zero-order chi connectivity index (χ0) is 22.7. The lowest BCUT2D eigenvalue weighted by atomic mass is 9.51. The highest BCUT2D eigenvalue weighted by molar-refractivity contribution is 5.93. The van der Waals surface area contributed by atoms with Crippen molar-refractivity contribution in [3.63, 3.8) is 0 Å². The van der Waals surface area contributed by atoms with Crippen LogP contribution in [0.1, 0.15) is 70.3 Å². The van der Waals surface area contributed by atoms with Gasteiger partial charge in [-0.05, 0) is 92.2 Å². The Kier molecular flexibility index (Phi) is 5.13. The van der Waals surface area contributed by atoms with Crippen LogP contribution in [0.4, 0.5) is 5.69 Å². The summed E-state index contributed by atoms with van der Waals surface area (Å²) in [6, 6.07) is 8.97. The number of aliphatic hydroxyl groups is 1. The molecule has 2 fully saturated rings. The van der Waals surface area contributed by atoms with Crippen LogP contribution in [-0.4, -0.2) is 30.6 Å². The molecule has 32 heavy (non-hydrogen) atoms. The number of rotatable bonds is 2. The Morgan fingerprint density at radius 2 is 1.84 bits per heavy atom. The van der Waals surface area contributed by atoms with Gasteiger partial charge in [0.1, 0.15) is 5.60 Å². The first-order chi connectivity index (χ1) is 15.3. The summed E-state index contributed by atoms with van der Waals surface area (Å²) in [5, 5.41) is 11.7. The molecule has 5 rings (SSSR count). The van der Waals surface area contributed by atoms with Gasteiger partial charge in [-0.2, -0.15) is 0 Å². The second-order valence-corrected chi connectivity index (χ2v) is 10.8. The Morgan fingerprint density at radius 3 is 2.53 bits per heavy atom. The molecule has 3 nitrogen and oxygen atoms in total. The van der Waals surface area contributed by atoms with Crippen molar-refractivity contribution in [2.24, 2.45) is 17.3 Å². The molecule has 0 amide bonds. The maximum atomic E-state index is 12.2. The smallest absolute Gasteiger partial charge is 0.156 e. The lowest BCUT2D eigenvalue weighted by Crippen LogP contribution is -2.51. The maximum Gasteiger partial charge on any atom is 0.156 e. The minimum Gasteiger partial charge on any atom is -0.378 e. The largest absolute Gasteiger partial charge is 0.378 e. The quantitative estimate of drug-likeness (QED) is 0.640. The van der Waals surface area contributed by atoms with Crippen molar-refractivity contribution in [1.29, 1.82) is 0 Å². The van der Waals surface area contributed by atoms with E-state index in [1.54, 1.807) is 5.57 Å². The molecule has 0 saturated heterocycles. The van der Waals surface area contributed by atoms with Crippen LogP contribution in [-0.2, 0) is 4.79 Å². The summed E-state index contributed by atoms with van der Waals surface area (Å²) in [5.74, 6) is 7.76.